The number of amides is 1. The van der Waals surface area contributed by atoms with E-state index in [9.17, 15) is 4.79 Å². The summed E-state index contributed by atoms with van der Waals surface area (Å²) in [7, 11) is 0. The fourth-order valence-electron chi connectivity index (χ4n) is 2.78. The van der Waals surface area contributed by atoms with E-state index in [1.165, 1.54) is 19.3 Å². The smallest absolute Gasteiger partial charge is 0.223 e. The molecule has 2 N–H and O–H groups in total. The zero-order chi connectivity index (χ0) is 10.1. The van der Waals surface area contributed by atoms with Gasteiger partial charge in [0.2, 0.25) is 5.91 Å². The highest BCUT2D eigenvalue weighted by Crippen LogP contribution is 2.57. The summed E-state index contributed by atoms with van der Waals surface area (Å²) in [6, 6.07) is -0.0381. The van der Waals surface area contributed by atoms with Gasteiger partial charge in [-0.05, 0) is 31.1 Å². The third-order valence-electron chi connectivity index (χ3n) is 3.77. The average molecular weight is 197 g/mol. The lowest BCUT2D eigenvalue weighted by Gasteiger charge is -2.14. The molecule has 0 aliphatic heterocycles. The van der Waals surface area contributed by atoms with Gasteiger partial charge in [-0.3, -0.25) is 4.79 Å². The molecular weight excluding hydrogens is 178 g/mol. The quantitative estimate of drug-likeness (QED) is 0.704. The van der Waals surface area contributed by atoms with Crippen molar-refractivity contribution in [3.05, 3.63) is 0 Å². The second-order valence-corrected chi connectivity index (χ2v) is 4.58. The number of rotatable bonds is 4. The first-order valence-electron chi connectivity index (χ1n) is 5.69. The summed E-state index contributed by atoms with van der Waals surface area (Å²) in [5, 5.41) is 11.9. The molecule has 0 aromatic rings. The highest BCUT2D eigenvalue weighted by atomic mass is 16.3. The van der Waals surface area contributed by atoms with Crippen LogP contribution in [0.4, 0.5) is 0 Å². The third kappa shape index (κ3) is 1.65. The van der Waals surface area contributed by atoms with Crippen molar-refractivity contribution in [3.63, 3.8) is 0 Å². The molecule has 1 amide bonds. The third-order valence-corrected chi connectivity index (χ3v) is 3.77. The molecule has 2 rings (SSSR count). The van der Waals surface area contributed by atoms with Crippen LogP contribution in [0.15, 0.2) is 0 Å². The van der Waals surface area contributed by atoms with Crippen LogP contribution in [0.3, 0.4) is 0 Å². The molecule has 0 aromatic carbocycles. The lowest BCUT2D eigenvalue weighted by Crippen LogP contribution is -2.38. The first kappa shape index (κ1) is 9.97. The van der Waals surface area contributed by atoms with Gasteiger partial charge in [0.1, 0.15) is 0 Å². The molecule has 3 heteroatoms. The Labute approximate surface area is 84.9 Å². The molecule has 2 saturated carbocycles. The van der Waals surface area contributed by atoms with Crippen molar-refractivity contribution in [2.45, 2.75) is 38.6 Å². The van der Waals surface area contributed by atoms with Gasteiger partial charge in [-0.25, -0.2) is 0 Å². The molecule has 2 aliphatic carbocycles. The fraction of sp³-hybridized carbons (Fsp3) is 0.909. The summed E-state index contributed by atoms with van der Waals surface area (Å²) in [6.45, 7) is 2.04. The van der Waals surface area contributed by atoms with Crippen molar-refractivity contribution < 1.29 is 9.90 Å². The average Bonchev–Trinajstić information content (AvgIpc) is 2.69. The van der Waals surface area contributed by atoms with E-state index in [0.29, 0.717) is 11.8 Å². The highest BCUT2D eigenvalue weighted by Gasteiger charge is 2.56. The topological polar surface area (TPSA) is 49.3 Å². The first-order valence-corrected chi connectivity index (χ1v) is 5.69. The van der Waals surface area contributed by atoms with E-state index >= 15 is 0 Å². The Kier molecular flexibility index (Phi) is 2.77. The molecule has 0 bridgehead atoms. The number of aliphatic hydroxyl groups is 1. The van der Waals surface area contributed by atoms with E-state index in [1.54, 1.807) is 0 Å². The zero-order valence-corrected chi connectivity index (χ0v) is 8.70. The van der Waals surface area contributed by atoms with Gasteiger partial charge in [-0.2, -0.15) is 0 Å². The molecule has 0 heterocycles. The Balaban J connectivity index is 1.79. The first-order chi connectivity index (χ1) is 6.77. The van der Waals surface area contributed by atoms with Gasteiger partial charge in [0.25, 0.3) is 0 Å². The van der Waals surface area contributed by atoms with Crippen LogP contribution in [0.25, 0.3) is 0 Å². The number of hydrogen-bond donors (Lipinski definition) is 2. The maximum absolute atomic E-state index is 11.7. The lowest BCUT2D eigenvalue weighted by atomic mass is 10.1. The summed E-state index contributed by atoms with van der Waals surface area (Å²) < 4.78 is 0. The van der Waals surface area contributed by atoms with Crippen LogP contribution in [-0.4, -0.2) is 23.7 Å². The summed E-state index contributed by atoms with van der Waals surface area (Å²) in [5.74, 6) is 1.81. The Morgan fingerprint density at radius 1 is 1.50 bits per heavy atom. The lowest BCUT2D eigenvalue weighted by molar-refractivity contribution is -0.124. The molecule has 0 spiro atoms. The Morgan fingerprint density at radius 2 is 2.14 bits per heavy atom. The number of hydrogen-bond acceptors (Lipinski definition) is 2. The van der Waals surface area contributed by atoms with Crippen LogP contribution < -0.4 is 5.32 Å². The monoisotopic (exact) mass is 197 g/mol. The summed E-state index contributed by atoms with van der Waals surface area (Å²) in [5.41, 5.74) is 0. The highest BCUT2D eigenvalue weighted by molar-refractivity contribution is 5.82. The van der Waals surface area contributed by atoms with Crippen LogP contribution in [0.1, 0.15) is 32.6 Å². The predicted octanol–water partition coefficient (Wildman–Crippen LogP) is 0.920. The molecule has 0 aromatic heterocycles. The SMILES string of the molecule is CCC(CO)NC(=O)C1C2CCCC21. The summed E-state index contributed by atoms with van der Waals surface area (Å²) >= 11 is 0. The van der Waals surface area contributed by atoms with E-state index in [2.05, 4.69) is 5.32 Å². The van der Waals surface area contributed by atoms with Gasteiger partial charge in [0, 0.05) is 5.92 Å². The predicted molar refractivity (Wildman–Crippen MR) is 53.6 cm³/mol. The van der Waals surface area contributed by atoms with Crippen molar-refractivity contribution in [2.24, 2.45) is 17.8 Å². The molecule has 80 valence electrons. The van der Waals surface area contributed by atoms with Crippen molar-refractivity contribution in [1.29, 1.82) is 0 Å². The molecule has 14 heavy (non-hydrogen) atoms. The van der Waals surface area contributed by atoms with Crippen molar-refractivity contribution in [3.8, 4) is 0 Å². The summed E-state index contributed by atoms with van der Waals surface area (Å²) in [4.78, 5) is 11.7. The largest absolute Gasteiger partial charge is 0.394 e. The van der Waals surface area contributed by atoms with E-state index in [4.69, 9.17) is 5.11 Å². The van der Waals surface area contributed by atoms with Crippen LogP contribution >= 0.6 is 0 Å². The van der Waals surface area contributed by atoms with E-state index in [1.807, 2.05) is 6.92 Å². The van der Waals surface area contributed by atoms with Crippen LogP contribution in [-0.2, 0) is 4.79 Å². The minimum atomic E-state index is -0.0381. The standard InChI is InChI=1S/C11H19NO2/c1-2-7(6-13)12-11(14)10-8-4-3-5-9(8)10/h7-10,13H,2-6H2,1H3,(H,12,14). The number of carbonyl (C=O) groups excluding carboxylic acids is 1. The van der Waals surface area contributed by atoms with Crippen molar-refractivity contribution >= 4 is 5.91 Å². The number of fused-ring (bicyclic) bond motifs is 1. The van der Waals surface area contributed by atoms with E-state index in [-0.39, 0.29) is 24.5 Å². The molecule has 3 atom stereocenters. The molecule has 3 nitrogen and oxygen atoms in total. The van der Waals surface area contributed by atoms with Crippen LogP contribution in [0, 0.1) is 17.8 Å². The number of aliphatic hydroxyl groups excluding tert-OH is 1. The maximum Gasteiger partial charge on any atom is 0.223 e. The van der Waals surface area contributed by atoms with Crippen LogP contribution in [0.5, 0.6) is 0 Å². The molecule has 2 fully saturated rings. The number of nitrogens with one attached hydrogen (secondary N) is 1. The van der Waals surface area contributed by atoms with Crippen LogP contribution in [0.2, 0.25) is 0 Å². The van der Waals surface area contributed by atoms with Gasteiger partial charge in [-0.15, -0.1) is 0 Å². The molecular formula is C11H19NO2. The van der Waals surface area contributed by atoms with Gasteiger partial charge in [-0.1, -0.05) is 13.3 Å². The minimum Gasteiger partial charge on any atom is -0.394 e. The van der Waals surface area contributed by atoms with Gasteiger partial charge in [0.05, 0.1) is 12.6 Å². The number of carbonyl (C=O) groups is 1. The summed E-state index contributed by atoms with van der Waals surface area (Å²) in [6.07, 6.45) is 4.58. The Hall–Kier alpha value is -0.570. The fourth-order valence-corrected chi connectivity index (χ4v) is 2.78. The van der Waals surface area contributed by atoms with Gasteiger partial charge in [0.15, 0.2) is 0 Å². The molecule has 0 saturated heterocycles. The van der Waals surface area contributed by atoms with Gasteiger partial charge < -0.3 is 10.4 Å². The normalized spacial score (nSPS) is 36.3. The second kappa shape index (κ2) is 3.89. The van der Waals surface area contributed by atoms with E-state index in [0.717, 1.165) is 6.42 Å². The Morgan fingerprint density at radius 3 is 2.64 bits per heavy atom. The van der Waals surface area contributed by atoms with Crippen molar-refractivity contribution in [2.75, 3.05) is 6.61 Å². The van der Waals surface area contributed by atoms with Gasteiger partial charge >= 0.3 is 0 Å². The minimum absolute atomic E-state index is 0.0381. The van der Waals surface area contributed by atoms with E-state index < -0.39 is 0 Å². The Bertz CT molecular complexity index is 215. The zero-order valence-electron chi connectivity index (χ0n) is 8.70. The second-order valence-electron chi connectivity index (χ2n) is 4.58. The molecule has 0 radical (unpaired) electrons. The molecule has 2 aliphatic rings. The maximum atomic E-state index is 11.7. The van der Waals surface area contributed by atoms with Crippen molar-refractivity contribution in [1.82, 2.24) is 5.32 Å². The molecule has 3 unspecified atom stereocenters.